The summed E-state index contributed by atoms with van der Waals surface area (Å²) in [6.45, 7) is 4.30. The molecule has 1 aliphatic heterocycles. The van der Waals surface area contributed by atoms with Crippen LogP contribution in [0, 0.1) is 0 Å². The summed E-state index contributed by atoms with van der Waals surface area (Å²) >= 11 is 0. The Balaban J connectivity index is 1.51. The fourth-order valence-electron chi connectivity index (χ4n) is 3.76. The van der Waals surface area contributed by atoms with Gasteiger partial charge < -0.3 is 19.5 Å². The van der Waals surface area contributed by atoms with E-state index in [0.29, 0.717) is 12.1 Å². The number of aromatic nitrogens is 2. The number of methoxy groups -OCH3 is 1. The standard InChI is InChI=1S/C22H24N4O2/c1-16-15-25(19-8-3-4-9-20(19)28-2)12-13-26(16)22(27)18-7-5-6-17(14-18)21-23-10-11-24-21/h3-11,14,16H,12-13,15H2,1-2H3,(H,23,24). The van der Waals surface area contributed by atoms with Crippen molar-refractivity contribution in [2.45, 2.75) is 13.0 Å². The van der Waals surface area contributed by atoms with Gasteiger partial charge in [0.25, 0.3) is 5.91 Å². The number of benzene rings is 2. The minimum atomic E-state index is 0.0561. The van der Waals surface area contributed by atoms with Crippen LogP contribution in [-0.2, 0) is 0 Å². The number of carbonyl (C=O) groups excluding carboxylic acids is 1. The van der Waals surface area contributed by atoms with Crippen LogP contribution in [0.4, 0.5) is 5.69 Å². The van der Waals surface area contributed by atoms with Crippen LogP contribution in [0.15, 0.2) is 60.9 Å². The van der Waals surface area contributed by atoms with Crippen LogP contribution in [-0.4, -0.2) is 53.6 Å². The van der Waals surface area contributed by atoms with E-state index in [4.69, 9.17) is 4.74 Å². The van der Waals surface area contributed by atoms with Gasteiger partial charge in [-0.15, -0.1) is 0 Å². The van der Waals surface area contributed by atoms with Gasteiger partial charge in [0.05, 0.1) is 12.8 Å². The van der Waals surface area contributed by atoms with Crippen LogP contribution < -0.4 is 9.64 Å². The minimum absolute atomic E-state index is 0.0561. The molecule has 0 aliphatic carbocycles. The quantitative estimate of drug-likeness (QED) is 0.758. The number of nitrogens with zero attached hydrogens (tertiary/aromatic N) is 3. The molecular weight excluding hydrogens is 352 g/mol. The fraction of sp³-hybridized carbons (Fsp3) is 0.273. The number of carbonyl (C=O) groups is 1. The van der Waals surface area contributed by atoms with Crippen molar-refractivity contribution in [2.75, 3.05) is 31.6 Å². The van der Waals surface area contributed by atoms with Gasteiger partial charge in [-0.05, 0) is 31.2 Å². The Bertz CT molecular complexity index is 955. The average Bonchev–Trinajstić information content (AvgIpc) is 3.28. The molecule has 1 fully saturated rings. The number of imidazole rings is 1. The molecule has 0 bridgehead atoms. The first kappa shape index (κ1) is 18.1. The van der Waals surface area contributed by atoms with E-state index in [9.17, 15) is 4.79 Å². The zero-order valence-electron chi connectivity index (χ0n) is 16.1. The van der Waals surface area contributed by atoms with E-state index in [0.717, 1.165) is 35.9 Å². The highest BCUT2D eigenvalue weighted by molar-refractivity contribution is 5.95. The maximum atomic E-state index is 13.2. The summed E-state index contributed by atoms with van der Waals surface area (Å²) in [5.74, 6) is 1.69. The van der Waals surface area contributed by atoms with E-state index >= 15 is 0 Å². The highest BCUT2D eigenvalue weighted by Crippen LogP contribution is 2.30. The lowest BCUT2D eigenvalue weighted by Gasteiger charge is -2.41. The number of para-hydroxylation sites is 2. The van der Waals surface area contributed by atoms with Crippen LogP contribution >= 0.6 is 0 Å². The second-order valence-electron chi connectivity index (χ2n) is 6.98. The third kappa shape index (κ3) is 3.45. The number of piperazine rings is 1. The number of anilines is 1. The molecule has 6 heteroatoms. The van der Waals surface area contributed by atoms with E-state index in [2.05, 4.69) is 27.9 Å². The molecule has 2 aromatic carbocycles. The second-order valence-corrected chi connectivity index (χ2v) is 6.98. The molecular formula is C22H24N4O2. The van der Waals surface area contributed by atoms with Crippen LogP contribution in [0.1, 0.15) is 17.3 Å². The number of hydrogen-bond donors (Lipinski definition) is 1. The molecule has 1 aromatic heterocycles. The van der Waals surface area contributed by atoms with Crippen molar-refractivity contribution < 1.29 is 9.53 Å². The Morgan fingerprint density at radius 2 is 2.04 bits per heavy atom. The van der Waals surface area contributed by atoms with E-state index in [1.807, 2.05) is 47.4 Å². The van der Waals surface area contributed by atoms with Crippen LogP contribution in [0.5, 0.6) is 5.75 Å². The lowest BCUT2D eigenvalue weighted by molar-refractivity contribution is 0.0674. The maximum Gasteiger partial charge on any atom is 0.254 e. The molecule has 1 amide bonds. The Morgan fingerprint density at radius 3 is 2.79 bits per heavy atom. The molecule has 6 nitrogen and oxygen atoms in total. The van der Waals surface area contributed by atoms with Gasteiger partial charge in [-0.2, -0.15) is 0 Å². The van der Waals surface area contributed by atoms with Crippen molar-refractivity contribution in [1.29, 1.82) is 0 Å². The molecule has 1 atom stereocenters. The summed E-state index contributed by atoms with van der Waals surface area (Å²) < 4.78 is 5.49. The molecule has 144 valence electrons. The minimum Gasteiger partial charge on any atom is -0.495 e. The first-order valence-electron chi connectivity index (χ1n) is 9.46. The number of nitrogens with one attached hydrogen (secondary N) is 1. The van der Waals surface area contributed by atoms with Crippen LogP contribution in [0.2, 0.25) is 0 Å². The molecule has 0 spiro atoms. The Labute approximate surface area is 164 Å². The highest BCUT2D eigenvalue weighted by Gasteiger charge is 2.29. The summed E-state index contributed by atoms with van der Waals surface area (Å²) in [4.78, 5) is 24.7. The van der Waals surface area contributed by atoms with Gasteiger partial charge in [-0.25, -0.2) is 4.98 Å². The van der Waals surface area contributed by atoms with Gasteiger partial charge in [0.15, 0.2) is 0 Å². The number of amides is 1. The van der Waals surface area contributed by atoms with E-state index < -0.39 is 0 Å². The molecule has 2 heterocycles. The topological polar surface area (TPSA) is 61.5 Å². The third-order valence-corrected chi connectivity index (χ3v) is 5.20. The lowest BCUT2D eigenvalue weighted by Crippen LogP contribution is -2.54. The number of hydrogen-bond acceptors (Lipinski definition) is 4. The van der Waals surface area contributed by atoms with Crippen molar-refractivity contribution in [3.63, 3.8) is 0 Å². The van der Waals surface area contributed by atoms with Gasteiger partial charge in [0, 0.05) is 49.2 Å². The molecule has 28 heavy (non-hydrogen) atoms. The summed E-state index contributed by atoms with van der Waals surface area (Å²) in [5, 5.41) is 0. The molecule has 0 radical (unpaired) electrons. The molecule has 4 rings (SSSR count). The van der Waals surface area contributed by atoms with E-state index in [1.165, 1.54) is 0 Å². The molecule has 1 unspecified atom stereocenters. The molecule has 1 saturated heterocycles. The number of ether oxygens (including phenoxy) is 1. The van der Waals surface area contributed by atoms with Gasteiger partial charge in [-0.3, -0.25) is 4.79 Å². The summed E-state index contributed by atoms with van der Waals surface area (Å²) in [5.41, 5.74) is 2.67. The zero-order valence-corrected chi connectivity index (χ0v) is 16.1. The monoisotopic (exact) mass is 376 g/mol. The summed E-state index contributed by atoms with van der Waals surface area (Å²) in [6.07, 6.45) is 3.49. The zero-order chi connectivity index (χ0) is 19.5. The smallest absolute Gasteiger partial charge is 0.254 e. The Morgan fingerprint density at radius 1 is 1.18 bits per heavy atom. The highest BCUT2D eigenvalue weighted by atomic mass is 16.5. The third-order valence-electron chi connectivity index (χ3n) is 5.20. The molecule has 1 N–H and O–H groups in total. The first-order chi connectivity index (χ1) is 13.7. The van der Waals surface area contributed by atoms with Crippen molar-refractivity contribution in [3.05, 3.63) is 66.5 Å². The Hall–Kier alpha value is -3.28. The normalized spacial score (nSPS) is 16.9. The van der Waals surface area contributed by atoms with Gasteiger partial charge in [0.2, 0.25) is 0 Å². The average molecular weight is 376 g/mol. The van der Waals surface area contributed by atoms with E-state index in [-0.39, 0.29) is 11.9 Å². The lowest BCUT2D eigenvalue weighted by atomic mass is 10.1. The first-order valence-corrected chi connectivity index (χ1v) is 9.46. The van der Waals surface area contributed by atoms with Gasteiger partial charge in [-0.1, -0.05) is 24.3 Å². The molecule has 0 saturated carbocycles. The fourth-order valence-corrected chi connectivity index (χ4v) is 3.76. The van der Waals surface area contributed by atoms with Gasteiger partial charge in [0.1, 0.15) is 11.6 Å². The predicted octanol–water partition coefficient (Wildman–Crippen LogP) is 3.44. The summed E-state index contributed by atoms with van der Waals surface area (Å²) in [7, 11) is 1.69. The van der Waals surface area contributed by atoms with Crippen LogP contribution in [0.3, 0.4) is 0 Å². The number of H-pyrrole nitrogens is 1. The number of rotatable bonds is 4. The second kappa shape index (κ2) is 7.76. The number of aromatic amines is 1. The van der Waals surface area contributed by atoms with Crippen molar-refractivity contribution in [2.24, 2.45) is 0 Å². The molecule has 3 aromatic rings. The maximum absolute atomic E-state index is 13.2. The Kier molecular flexibility index (Phi) is 5.02. The molecule has 1 aliphatic rings. The van der Waals surface area contributed by atoms with Gasteiger partial charge >= 0.3 is 0 Å². The van der Waals surface area contributed by atoms with Crippen molar-refractivity contribution >= 4 is 11.6 Å². The van der Waals surface area contributed by atoms with E-state index in [1.54, 1.807) is 19.5 Å². The van der Waals surface area contributed by atoms with Crippen molar-refractivity contribution in [1.82, 2.24) is 14.9 Å². The van der Waals surface area contributed by atoms with Crippen LogP contribution in [0.25, 0.3) is 11.4 Å². The predicted molar refractivity (Wildman–Crippen MR) is 110 cm³/mol. The largest absolute Gasteiger partial charge is 0.495 e. The SMILES string of the molecule is COc1ccccc1N1CCN(C(=O)c2cccc(-c3ncc[nH]3)c2)C(C)C1. The van der Waals surface area contributed by atoms with Crippen molar-refractivity contribution in [3.8, 4) is 17.1 Å². The summed E-state index contributed by atoms with van der Waals surface area (Å²) in [6, 6.07) is 15.7.